The van der Waals surface area contributed by atoms with Crippen molar-refractivity contribution in [2.24, 2.45) is 0 Å². The summed E-state index contributed by atoms with van der Waals surface area (Å²) in [6.45, 7) is 2.21. The van der Waals surface area contributed by atoms with E-state index in [1.165, 1.54) is 12.3 Å². The minimum absolute atomic E-state index is 0.0880. The van der Waals surface area contributed by atoms with Crippen LogP contribution in [0.1, 0.15) is 6.92 Å². The molecular formula is C7H7FNO. The maximum absolute atomic E-state index is 12.6. The van der Waals surface area contributed by atoms with Crippen LogP contribution in [0, 0.1) is 12.0 Å². The summed E-state index contributed by atoms with van der Waals surface area (Å²) in [4.78, 5) is 3.57. The third-order valence-corrected chi connectivity index (χ3v) is 0.967. The van der Waals surface area contributed by atoms with Gasteiger partial charge < -0.3 is 4.74 Å². The van der Waals surface area contributed by atoms with Crippen molar-refractivity contribution in [3.05, 3.63) is 24.3 Å². The highest BCUT2D eigenvalue weighted by atomic mass is 19.1. The molecule has 0 saturated heterocycles. The molecule has 3 heteroatoms. The van der Waals surface area contributed by atoms with Crippen molar-refractivity contribution in [3.8, 4) is 5.75 Å². The van der Waals surface area contributed by atoms with Gasteiger partial charge in [-0.05, 0) is 13.0 Å². The highest BCUT2D eigenvalue weighted by molar-refractivity contribution is 5.16. The van der Waals surface area contributed by atoms with Gasteiger partial charge in [-0.15, -0.1) is 0 Å². The van der Waals surface area contributed by atoms with Crippen LogP contribution in [0.2, 0.25) is 0 Å². The maximum atomic E-state index is 12.6. The second-order valence-electron chi connectivity index (χ2n) is 1.67. The van der Waals surface area contributed by atoms with Crippen LogP contribution in [0.15, 0.2) is 12.3 Å². The molecule has 0 aliphatic carbocycles. The second kappa shape index (κ2) is 3.15. The average Bonchev–Trinajstić information content (AvgIpc) is 1.94. The number of hydrogen-bond donors (Lipinski definition) is 0. The Kier molecular flexibility index (Phi) is 2.20. The number of rotatable bonds is 2. The molecule has 0 N–H and O–H groups in total. The van der Waals surface area contributed by atoms with Gasteiger partial charge in [0, 0.05) is 6.20 Å². The summed E-state index contributed by atoms with van der Waals surface area (Å²) in [5, 5.41) is 0. The van der Waals surface area contributed by atoms with Gasteiger partial charge in [-0.3, -0.25) is 4.98 Å². The maximum Gasteiger partial charge on any atom is 0.182 e. The summed E-state index contributed by atoms with van der Waals surface area (Å²) in [7, 11) is 0. The Bertz CT molecular complexity index is 215. The fourth-order valence-corrected chi connectivity index (χ4v) is 0.573. The van der Waals surface area contributed by atoms with Gasteiger partial charge in [0.15, 0.2) is 11.6 Å². The zero-order chi connectivity index (χ0) is 7.40. The molecule has 0 aliphatic rings. The van der Waals surface area contributed by atoms with E-state index < -0.39 is 5.82 Å². The van der Waals surface area contributed by atoms with Gasteiger partial charge in [-0.25, -0.2) is 4.39 Å². The van der Waals surface area contributed by atoms with Crippen LogP contribution in [-0.4, -0.2) is 11.6 Å². The monoisotopic (exact) mass is 140 g/mol. The Hall–Kier alpha value is -1.12. The Morgan fingerprint density at radius 2 is 2.60 bits per heavy atom. The molecule has 1 rings (SSSR count). The molecule has 1 aromatic heterocycles. The molecule has 0 amide bonds. The predicted molar refractivity (Wildman–Crippen MR) is 34.2 cm³/mol. The fourth-order valence-electron chi connectivity index (χ4n) is 0.573. The first-order valence-electron chi connectivity index (χ1n) is 2.99. The summed E-state index contributed by atoms with van der Waals surface area (Å²) in [5.74, 6) is -0.332. The van der Waals surface area contributed by atoms with Gasteiger partial charge in [-0.2, -0.15) is 0 Å². The summed E-state index contributed by atoms with van der Waals surface area (Å²) in [6.07, 6.45) is 3.72. The highest BCUT2D eigenvalue weighted by Gasteiger charge is 1.99. The van der Waals surface area contributed by atoms with Crippen LogP contribution in [-0.2, 0) is 0 Å². The number of hydrogen-bond acceptors (Lipinski definition) is 2. The third-order valence-electron chi connectivity index (χ3n) is 0.967. The van der Waals surface area contributed by atoms with Gasteiger partial charge in [-0.1, -0.05) is 0 Å². The van der Waals surface area contributed by atoms with Gasteiger partial charge >= 0.3 is 0 Å². The SMILES string of the molecule is CCOc1[c]nccc1F. The lowest BCUT2D eigenvalue weighted by molar-refractivity contribution is 0.319. The molecule has 1 heterocycles. The minimum atomic E-state index is -0.420. The van der Waals surface area contributed by atoms with Gasteiger partial charge in [0.05, 0.1) is 6.61 Å². The molecule has 2 nitrogen and oxygen atoms in total. The predicted octanol–water partition coefficient (Wildman–Crippen LogP) is 1.42. The molecular weight excluding hydrogens is 133 g/mol. The van der Waals surface area contributed by atoms with Crippen LogP contribution in [0.4, 0.5) is 4.39 Å². The molecule has 0 bridgehead atoms. The topological polar surface area (TPSA) is 22.1 Å². The molecule has 1 aromatic rings. The number of aromatic nitrogens is 1. The standard InChI is InChI=1S/C7H7FNO/c1-2-10-7-5-9-4-3-6(7)8/h3-4H,2H2,1H3. The van der Waals surface area contributed by atoms with Crippen molar-refractivity contribution in [1.82, 2.24) is 4.98 Å². The van der Waals surface area contributed by atoms with Crippen LogP contribution >= 0.6 is 0 Å². The van der Waals surface area contributed by atoms with Crippen molar-refractivity contribution < 1.29 is 9.13 Å². The number of halogens is 1. The van der Waals surface area contributed by atoms with Crippen molar-refractivity contribution in [2.45, 2.75) is 6.92 Å². The largest absolute Gasteiger partial charge is 0.488 e. The van der Waals surface area contributed by atoms with E-state index in [0.717, 1.165) is 0 Å². The lowest BCUT2D eigenvalue weighted by Crippen LogP contribution is -1.94. The van der Waals surface area contributed by atoms with Crippen molar-refractivity contribution in [1.29, 1.82) is 0 Å². The van der Waals surface area contributed by atoms with Crippen molar-refractivity contribution in [3.63, 3.8) is 0 Å². The van der Waals surface area contributed by atoms with E-state index in [4.69, 9.17) is 4.74 Å². The number of nitrogens with zero attached hydrogens (tertiary/aromatic N) is 1. The molecule has 0 saturated carbocycles. The molecule has 0 unspecified atom stereocenters. The van der Waals surface area contributed by atoms with Crippen LogP contribution < -0.4 is 4.74 Å². The Labute approximate surface area is 58.7 Å². The van der Waals surface area contributed by atoms with E-state index in [0.29, 0.717) is 6.61 Å². The van der Waals surface area contributed by atoms with Crippen LogP contribution in [0.5, 0.6) is 5.75 Å². The van der Waals surface area contributed by atoms with E-state index in [9.17, 15) is 4.39 Å². The smallest absolute Gasteiger partial charge is 0.182 e. The van der Waals surface area contributed by atoms with Gasteiger partial charge in [0.1, 0.15) is 6.20 Å². The van der Waals surface area contributed by atoms with Crippen molar-refractivity contribution in [2.75, 3.05) is 6.61 Å². The first kappa shape index (κ1) is 6.99. The zero-order valence-corrected chi connectivity index (χ0v) is 5.60. The van der Waals surface area contributed by atoms with E-state index in [2.05, 4.69) is 11.2 Å². The van der Waals surface area contributed by atoms with E-state index in [1.807, 2.05) is 0 Å². The van der Waals surface area contributed by atoms with Crippen LogP contribution in [0.3, 0.4) is 0 Å². The second-order valence-corrected chi connectivity index (χ2v) is 1.67. The Balaban J connectivity index is 2.81. The quantitative estimate of drug-likeness (QED) is 0.619. The van der Waals surface area contributed by atoms with Gasteiger partial charge in [0.25, 0.3) is 0 Å². The molecule has 0 spiro atoms. The average molecular weight is 140 g/mol. The third kappa shape index (κ3) is 1.43. The van der Waals surface area contributed by atoms with E-state index in [1.54, 1.807) is 6.92 Å². The summed E-state index contributed by atoms with van der Waals surface area (Å²) in [6, 6.07) is 1.24. The molecule has 0 fully saturated rings. The lowest BCUT2D eigenvalue weighted by Gasteiger charge is -2.00. The number of ether oxygens (including phenoxy) is 1. The Morgan fingerprint density at radius 1 is 1.80 bits per heavy atom. The zero-order valence-electron chi connectivity index (χ0n) is 5.60. The Morgan fingerprint density at radius 3 is 3.20 bits per heavy atom. The van der Waals surface area contributed by atoms with Crippen molar-refractivity contribution >= 4 is 0 Å². The first-order valence-corrected chi connectivity index (χ1v) is 2.99. The fraction of sp³-hybridized carbons (Fsp3) is 0.286. The molecule has 0 atom stereocenters. The minimum Gasteiger partial charge on any atom is -0.488 e. The van der Waals surface area contributed by atoms with Gasteiger partial charge in [0.2, 0.25) is 0 Å². The molecule has 53 valence electrons. The summed E-state index contributed by atoms with van der Waals surface area (Å²) >= 11 is 0. The molecule has 0 aromatic carbocycles. The van der Waals surface area contributed by atoms with E-state index >= 15 is 0 Å². The number of pyridine rings is 1. The molecule has 10 heavy (non-hydrogen) atoms. The molecule has 0 aliphatic heterocycles. The lowest BCUT2D eigenvalue weighted by atomic mass is 10.4. The van der Waals surface area contributed by atoms with E-state index in [-0.39, 0.29) is 5.75 Å². The highest BCUT2D eigenvalue weighted by Crippen LogP contribution is 2.11. The first-order chi connectivity index (χ1) is 4.84. The summed E-state index contributed by atoms with van der Waals surface area (Å²) in [5.41, 5.74) is 0. The normalized spacial score (nSPS) is 9.40. The van der Waals surface area contributed by atoms with Crippen LogP contribution in [0.25, 0.3) is 0 Å². The summed E-state index contributed by atoms with van der Waals surface area (Å²) < 4.78 is 17.4. The molecule has 1 radical (unpaired) electrons.